The number of hydrogen-bond acceptors (Lipinski definition) is 4. The molecule has 0 spiro atoms. The van der Waals surface area contributed by atoms with Crippen molar-refractivity contribution in [2.24, 2.45) is 0 Å². The number of amides is 1. The van der Waals surface area contributed by atoms with Crippen LogP contribution < -0.4 is 9.62 Å². The molecular weight excluding hydrogens is 421 g/mol. The highest BCUT2D eigenvalue weighted by Crippen LogP contribution is 2.26. The topological polar surface area (TPSA) is 69.7 Å². The first kappa shape index (κ1) is 23.3. The highest BCUT2D eigenvalue weighted by molar-refractivity contribution is 7.92. The second kappa shape index (κ2) is 10.7. The van der Waals surface area contributed by atoms with E-state index in [-0.39, 0.29) is 18.1 Å². The SMILES string of the molecule is CCC1CCCCN1CCCNC(=O)CN(c1cc(Cl)cc(Cl)c1)S(C)(=O)=O. The fraction of sp³-hybridized carbons (Fsp3) is 0.632. The van der Waals surface area contributed by atoms with Crippen molar-refractivity contribution in [3.63, 3.8) is 0 Å². The molecule has 0 aromatic heterocycles. The third kappa shape index (κ3) is 7.10. The van der Waals surface area contributed by atoms with Crippen LogP contribution in [0.1, 0.15) is 39.0 Å². The summed E-state index contributed by atoms with van der Waals surface area (Å²) in [6, 6.07) is 5.10. The summed E-state index contributed by atoms with van der Waals surface area (Å²) < 4.78 is 25.3. The van der Waals surface area contributed by atoms with Crippen LogP contribution in [0.3, 0.4) is 0 Å². The van der Waals surface area contributed by atoms with E-state index in [0.29, 0.717) is 22.6 Å². The quantitative estimate of drug-likeness (QED) is 0.585. The van der Waals surface area contributed by atoms with Gasteiger partial charge in [-0.2, -0.15) is 0 Å². The third-order valence-corrected chi connectivity index (χ3v) is 6.56. The lowest BCUT2D eigenvalue weighted by molar-refractivity contribution is -0.119. The minimum atomic E-state index is -3.66. The van der Waals surface area contributed by atoms with Crippen molar-refractivity contribution in [2.75, 3.05) is 36.7 Å². The Bertz CT molecular complexity index is 753. The fourth-order valence-corrected chi connectivity index (χ4v) is 4.95. The summed E-state index contributed by atoms with van der Waals surface area (Å²) in [5, 5.41) is 3.44. The summed E-state index contributed by atoms with van der Waals surface area (Å²) in [5.74, 6) is -0.354. The lowest BCUT2D eigenvalue weighted by Crippen LogP contribution is -2.42. The number of halogens is 2. The maximum absolute atomic E-state index is 12.3. The van der Waals surface area contributed by atoms with Crippen LogP contribution in [0.2, 0.25) is 10.0 Å². The van der Waals surface area contributed by atoms with Crippen LogP contribution in [-0.4, -0.2) is 57.7 Å². The van der Waals surface area contributed by atoms with Crippen LogP contribution in [0, 0.1) is 0 Å². The second-order valence-corrected chi connectivity index (χ2v) is 9.97. The monoisotopic (exact) mass is 449 g/mol. The molecule has 1 amide bonds. The van der Waals surface area contributed by atoms with Crippen LogP contribution in [0.25, 0.3) is 0 Å². The lowest BCUT2D eigenvalue weighted by atomic mass is 10.00. The number of anilines is 1. The van der Waals surface area contributed by atoms with Crippen LogP contribution in [0.5, 0.6) is 0 Å². The first-order chi connectivity index (χ1) is 13.2. The van der Waals surface area contributed by atoms with Gasteiger partial charge >= 0.3 is 0 Å². The van der Waals surface area contributed by atoms with Gasteiger partial charge in [-0.25, -0.2) is 8.42 Å². The Morgan fingerprint density at radius 1 is 1.25 bits per heavy atom. The molecule has 1 unspecified atom stereocenters. The van der Waals surface area contributed by atoms with Crippen molar-refractivity contribution in [3.05, 3.63) is 28.2 Å². The van der Waals surface area contributed by atoms with Crippen molar-refractivity contribution in [1.82, 2.24) is 10.2 Å². The van der Waals surface area contributed by atoms with Crippen molar-refractivity contribution in [2.45, 2.75) is 45.1 Å². The Morgan fingerprint density at radius 3 is 2.54 bits per heavy atom. The molecule has 2 rings (SSSR count). The standard InChI is InChI=1S/C19H29Cl2N3O3S/c1-3-17-7-4-5-9-23(17)10-6-8-22-19(25)14-24(28(2,26)27)18-12-15(20)11-16(21)13-18/h11-13,17H,3-10,14H2,1-2H3,(H,22,25). The summed E-state index contributed by atoms with van der Waals surface area (Å²) in [5.41, 5.74) is 0.272. The zero-order chi connectivity index (χ0) is 20.7. The molecule has 1 saturated heterocycles. The molecule has 0 bridgehead atoms. The summed E-state index contributed by atoms with van der Waals surface area (Å²) in [4.78, 5) is 14.8. The molecule has 158 valence electrons. The van der Waals surface area contributed by atoms with E-state index in [1.165, 1.54) is 37.5 Å². The van der Waals surface area contributed by atoms with Crippen molar-refractivity contribution in [3.8, 4) is 0 Å². The number of piperidine rings is 1. The number of sulfonamides is 1. The number of benzene rings is 1. The first-order valence-corrected chi connectivity index (χ1v) is 12.3. The van der Waals surface area contributed by atoms with E-state index in [0.717, 1.165) is 36.5 Å². The van der Waals surface area contributed by atoms with Crippen LogP contribution in [-0.2, 0) is 14.8 Å². The van der Waals surface area contributed by atoms with Gasteiger partial charge in [0.2, 0.25) is 15.9 Å². The number of carbonyl (C=O) groups excluding carboxylic acids is 1. The van der Waals surface area contributed by atoms with Crippen molar-refractivity contribution < 1.29 is 13.2 Å². The Morgan fingerprint density at radius 2 is 1.93 bits per heavy atom. The number of carbonyl (C=O) groups is 1. The average molecular weight is 450 g/mol. The van der Waals surface area contributed by atoms with Gasteiger partial charge in [0.1, 0.15) is 6.54 Å². The van der Waals surface area contributed by atoms with Crippen molar-refractivity contribution >= 4 is 44.8 Å². The maximum atomic E-state index is 12.3. The largest absolute Gasteiger partial charge is 0.354 e. The lowest BCUT2D eigenvalue weighted by Gasteiger charge is -2.35. The number of hydrogen-bond donors (Lipinski definition) is 1. The predicted molar refractivity (Wildman–Crippen MR) is 116 cm³/mol. The third-order valence-electron chi connectivity index (χ3n) is 4.99. The molecule has 0 saturated carbocycles. The minimum Gasteiger partial charge on any atom is -0.354 e. The van der Waals surface area contributed by atoms with Gasteiger partial charge in [-0.15, -0.1) is 0 Å². The molecule has 1 aliphatic rings. The van der Waals surface area contributed by atoms with Crippen LogP contribution >= 0.6 is 23.2 Å². The van der Waals surface area contributed by atoms with Gasteiger partial charge in [0.15, 0.2) is 0 Å². The van der Waals surface area contributed by atoms with E-state index < -0.39 is 10.0 Å². The molecule has 1 aromatic rings. The molecule has 0 aliphatic carbocycles. The molecule has 1 heterocycles. The van der Waals surface area contributed by atoms with E-state index in [2.05, 4.69) is 17.1 Å². The predicted octanol–water partition coefficient (Wildman–Crippen LogP) is 3.53. The van der Waals surface area contributed by atoms with E-state index in [4.69, 9.17) is 23.2 Å². The number of nitrogens with one attached hydrogen (secondary N) is 1. The normalized spacial score (nSPS) is 18.1. The van der Waals surface area contributed by atoms with Gasteiger partial charge in [-0.05, 0) is 50.4 Å². The fourth-order valence-electron chi connectivity index (χ4n) is 3.60. The van der Waals surface area contributed by atoms with Gasteiger partial charge in [0.05, 0.1) is 11.9 Å². The zero-order valence-electron chi connectivity index (χ0n) is 16.5. The van der Waals surface area contributed by atoms with Crippen molar-refractivity contribution in [1.29, 1.82) is 0 Å². The highest BCUT2D eigenvalue weighted by Gasteiger charge is 2.22. The molecule has 6 nitrogen and oxygen atoms in total. The molecule has 9 heteroatoms. The second-order valence-electron chi connectivity index (χ2n) is 7.19. The molecule has 1 aromatic carbocycles. The number of rotatable bonds is 9. The van der Waals surface area contributed by atoms with E-state index in [9.17, 15) is 13.2 Å². The van der Waals surface area contributed by atoms with E-state index in [1.807, 2.05) is 0 Å². The summed E-state index contributed by atoms with van der Waals surface area (Å²) in [6.45, 7) is 4.48. The van der Waals surface area contributed by atoms with Gasteiger partial charge in [0.25, 0.3) is 0 Å². The molecule has 0 radical (unpaired) electrons. The number of nitrogens with zero attached hydrogens (tertiary/aromatic N) is 2. The number of likely N-dealkylation sites (tertiary alicyclic amines) is 1. The summed E-state index contributed by atoms with van der Waals surface area (Å²) >= 11 is 11.9. The Kier molecular flexibility index (Phi) is 8.86. The average Bonchev–Trinajstić information content (AvgIpc) is 2.61. The smallest absolute Gasteiger partial charge is 0.240 e. The molecule has 1 aliphatic heterocycles. The Hall–Kier alpha value is -1.02. The summed E-state index contributed by atoms with van der Waals surface area (Å²) in [6.07, 6.45) is 6.81. The van der Waals surface area contributed by atoms with E-state index >= 15 is 0 Å². The maximum Gasteiger partial charge on any atom is 0.240 e. The molecule has 1 fully saturated rings. The summed E-state index contributed by atoms with van der Waals surface area (Å²) in [7, 11) is -3.66. The Balaban J connectivity index is 1.88. The van der Waals surface area contributed by atoms with Crippen LogP contribution in [0.15, 0.2) is 18.2 Å². The highest BCUT2D eigenvalue weighted by atomic mass is 35.5. The molecule has 1 atom stereocenters. The van der Waals surface area contributed by atoms with Gasteiger partial charge in [-0.3, -0.25) is 9.10 Å². The molecule has 28 heavy (non-hydrogen) atoms. The van der Waals surface area contributed by atoms with Gasteiger partial charge in [-0.1, -0.05) is 36.5 Å². The van der Waals surface area contributed by atoms with Gasteiger partial charge in [0, 0.05) is 29.2 Å². The molecular formula is C19H29Cl2N3O3S. The van der Waals surface area contributed by atoms with Gasteiger partial charge < -0.3 is 10.2 Å². The van der Waals surface area contributed by atoms with E-state index in [1.54, 1.807) is 0 Å². The Labute approximate surface area is 178 Å². The zero-order valence-corrected chi connectivity index (χ0v) is 18.8. The first-order valence-electron chi connectivity index (χ1n) is 9.65. The minimum absolute atomic E-state index is 0.272. The van der Waals surface area contributed by atoms with Crippen LogP contribution in [0.4, 0.5) is 5.69 Å². The molecule has 1 N–H and O–H groups in total.